The summed E-state index contributed by atoms with van der Waals surface area (Å²) in [5.74, 6) is 0.881. The van der Waals surface area contributed by atoms with E-state index in [1.165, 1.54) is 10.8 Å². The van der Waals surface area contributed by atoms with Crippen LogP contribution in [-0.4, -0.2) is 9.97 Å². The maximum Gasteiger partial charge on any atom is 0.123 e. The first kappa shape index (κ1) is 13.8. The van der Waals surface area contributed by atoms with Gasteiger partial charge in [-0.25, -0.2) is 4.98 Å². The van der Waals surface area contributed by atoms with Crippen molar-refractivity contribution in [1.82, 2.24) is 9.97 Å². The van der Waals surface area contributed by atoms with E-state index in [-0.39, 0.29) is 6.04 Å². The highest BCUT2D eigenvalue weighted by Gasteiger charge is 2.10. The summed E-state index contributed by atoms with van der Waals surface area (Å²) in [4.78, 5) is 7.81. The highest BCUT2D eigenvalue weighted by Crippen LogP contribution is 2.24. The van der Waals surface area contributed by atoms with E-state index in [2.05, 4.69) is 59.4 Å². The number of aromatic nitrogens is 2. The lowest BCUT2D eigenvalue weighted by Crippen LogP contribution is -2.11. The van der Waals surface area contributed by atoms with E-state index in [1.54, 1.807) is 0 Å². The highest BCUT2D eigenvalue weighted by atomic mass is 15.0. The van der Waals surface area contributed by atoms with E-state index >= 15 is 0 Å². The minimum absolute atomic E-state index is 0.000781. The van der Waals surface area contributed by atoms with Crippen LogP contribution < -0.4 is 5.73 Å². The number of nitrogens with two attached hydrogens (primary N) is 1. The van der Waals surface area contributed by atoms with Crippen molar-refractivity contribution >= 4 is 10.8 Å². The fraction of sp³-hybridized carbons (Fsp3) is 0.278. The standard InChI is InChI=1S/C18H21N3/c1-2-3-8-16(19)18-20-12-17(21-18)15-10-9-13-6-4-5-7-14(13)11-15/h4-7,9-12,16H,2-3,8,19H2,1H3,(H,20,21). The minimum Gasteiger partial charge on any atom is -0.341 e. The van der Waals surface area contributed by atoms with Crippen LogP contribution in [0.2, 0.25) is 0 Å². The predicted octanol–water partition coefficient (Wildman–Crippen LogP) is 4.42. The molecular weight excluding hydrogens is 258 g/mol. The van der Waals surface area contributed by atoms with Gasteiger partial charge < -0.3 is 10.7 Å². The second-order valence-corrected chi connectivity index (χ2v) is 5.49. The molecule has 0 amide bonds. The third kappa shape index (κ3) is 2.98. The third-order valence-electron chi connectivity index (χ3n) is 3.88. The van der Waals surface area contributed by atoms with Crippen molar-refractivity contribution < 1.29 is 0 Å². The van der Waals surface area contributed by atoms with Crippen LogP contribution in [0.15, 0.2) is 48.7 Å². The van der Waals surface area contributed by atoms with Crippen LogP contribution in [0.1, 0.15) is 38.1 Å². The molecule has 0 saturated carbocycles. The van der Waals surface area contributed by atoms with Crippen LogP contribution in [0.4, 0.5) is 0 Å². The lowest BCUT2D eigenvalue weighted by atomic mass is 10.1. The molecule has 0 saturated heterocycles. The first-order valence-corrected chi connectivity index (χ1v) is 7.57. The van der Waals surface area contributed by atoms with Gasteiger partial charge in [-0.3, -0.25) is 0 Å². The molecule has 0 spiro atoms. The monoisotopic (exact) mass is 279 g/mol. The largest absolute Gasteiger partial charge is 0.341 e. The third-order valence-corrected chi connectivity index (χ3v) is 3.88. The zero-order valence-corrected chi connectivity index (χ0v) is 12.3. The Balaban J connectivity index is 1.87. The zero-order valence-electron chi connectivity index (χ0n) is 12.3. The Morgan fingerprint density at radius 3 is 2.76 bits per heavy atom. The molecule has 1 aromatic heterocycles. The molecule has 0 fully saturated rings. The summed E-state index contributed by atoms with van der Waals surface area (Å²) in [6.07, 6.45) is 5.14. The van der Waals surface area contributed by atoms with Crippen molar-refractivity contribution in [2.24, 2.45) is 5.73 Å². The lowest BCUT2D eigenvalue weighted by Gasteiger charge is -2.07. The van der Waals surface area contributed by atoms with E-state index in [1.807, 2.05) is 6.20 Å². The molecule has 3 nitrogen and oxygen atoms in total. The van der Waals surface area contributed by atoms with E-state index < -0.39 is 0 Å². The Bertz CT molecular complexity index is 730. The van der Waals surface area contributed by atoms with Gasteiger partial charge in [-0.05, 0) is 23.3 Å². The summed E-state index contributed by atoms with van der Waals surface area (Å²) in [7, 11) is 0. The SMILES string of the molecule is CCCCC(N)c1ncc(-c2ccc3ccccc3c2)[nH]1. The maximum absolute atomic E-state index is 6.17. The molecule has 0 radical (unpaired) electrons. The molecule has 0 aliphatic carbocycles. The maximum atomic E-state index is 6.17. The summed E-state index contributed by atoms with van der Waals surface area (Å²) in [6, 6.07) is 14.8. The van der Waals surface area contributed by atoms with Crippen molar-refractivity contribution in [2.75, 3.05) is 0 Å². The number of fused-ring (bicyclic) bond motifs is 1. The predicted molar refractivity (Wildman–Crippen MR) is 88.0 cm³/mol. The van der Waals surface area contributed by atoms with Crippen LogP contribution in [0.25, 0.3) is 22.0 Å². The number of imidazole rings is 1. The number of rotatable bonds is 5. The topological polar surface area (TPSA) is 54.7 Å². The number of benzene rings is 2. The van der Waals surface area contributed by atoms with Crippen LogP contribution in [-0.2, 0) is 0 Å². The van der Waals surface area contributed by atoms with Crippen LogP contribution in [0.3, 0.4) is 0 Å². The molecule has 1 unspecified atom stereocenters. The number of hydrogen-bond donors (Lipinski definition) is 2. The molecule has 1 atom stereocenters. The normalized spacial score (nSPS) is 12.7. The fourth-order valence-corrected chi connectivity index (χ4v) is 2.59. The number of unbranched alkanes of at least 4 members (excludes halogenated alkanes) is 1. The van der Waals surface area contributed by atoms with Gasteiger partial charge in [-0.2, -0.15) is 0 Å². The van der Waals surface area contributed by atoms with Gasteiger partial charge in [-0.15, -0.1) is 0 Å². The molecule has 1 heterocycles. The van der Waals surface area contributed by atoms with E-state index in [4.69, 9.17) is 5.73 Å². The van der Waals surface area contributed by atoms with Crippen molar-refractivity contribution in [2.45, 2.75) is 32.2 Å². The van der Waals surface area contributed by atoms with E-state index in [0.29, 0.717) is 0 Å². The lowest BCUT2D eigenvalue weighted by molar-refractivity contribution is 0.580. The molecule has 3 N–H and O–H groups in total. The molecule has 0 aliphatic rings. The second-order valence-electron chi connectivity index (χ2n) is 5.49. The number of nitrogens with one attached hydrogen (secondary N) is 1. The molecule has 3 rings (SSSR count). The number of nitrogens with zero attached hydrogens (tertiary/aromatic N) is 1. The number of hydrogen-bond acceptors (Lipinski definition) is 2. The fourth-order valence-electron chi connectivity index (χ4n) is 2.59. The molecular formula is C18H21N3. The Morgan fingerprint density at radius 2 is 1.95 bits per heavy atom. The smallest absolute Gasteiger partial charge is 0.123 e. The summed E-state index contributed by atoms with van der Waals surface area (Å²) in [5, 5.41) is 2.49. The zero-order chi connectivity index (χ0) is 14.7. The summed E-state index contributed by atoms with van der Waals surface area (Å²) < 4.78 is 0. The molecule has 21 heavy (non-hydrogen) atoms. The van der Waals surface area contributed by atoms with Gasteiger partial charge in [0.1, 0.15) is 5.82 Å². The second kappa shape index (κ2) is 6.10. The van der Waals surface area contributed by atoms with Gasteiger partial charge in [0.05, 0.1) is 17.9 Å². The Kier molecular flexibility index (Phi) is 4.02. The molecule has 2 aromatic carbocycles. The average Bonchev–Trinajstić information content (AvgIpc) is 3.02. The Labute approximate surface area is 125 Å². The van der Waals surface area contributed by atoms with Crippen LogP contribution in [0, 0.1) is 0 Å². The molecule has 3 heteroatoms. The van der Waals surface area contributed by atoms with E-state index in [0.717, 1.165) is 36.3 Å². The molecule has 108 valence electrons. The molecule has 0 bridgehead atoms. The van der Waals surface area contributed by atoms with Gasteiger partial charge in [-0.1, -0.05) is 56.2 Å². The average molecular weight is 279 g/mol. The summed E-state index contributed by atoms with van der Waals surface area (Å²) in [5.41, 5.74) is 8.35. The van der Waals surface area contributed by atoms with Gasteiger partial charge in [0.15, 0.2) is 0 Å². The molecule has 0 aliphatic heterocycles. The number of aromatic amines is 1. The Morgan fingerprint density at radius 1 is 1.14 bits per heavy atom. The van der Waals surface area contributed by atoms with Gasteiger partial charge in [0.2, 0.25) is 0 Å². The highest BCUT2D eigenvalue weighted by molar-refractivity contribution is 5.86. The summed E-state index contributed by atoms with van der Waals surface area (Å²) >= 11 is 0. The number of H-pyrrole nitrogens is 1. The van der Waals surface area contributed by atoms with Crippen LogP contribution in [0.5, 0.6) is 0 Å². The van der Waals surface area contributed by atoms with E-state index in [9.17, 15) is 0 Å². The van der Waals surface area contributed by atoms with Gasteiger partial charge in [0, 0.05) is 5.56 Å². The van der Waals surface area contributed by atoms with Gasteiger partial charge >= 0.3 is 0 Å². The Hall–Kier alpha value is -2.13. The summed E-state index contributed by atoms with van der Waals surface area (Å²) in [6.45, 7) is 2.18. The van der Waals surface area contributed by atoms with Crippen molar-refractivity contribution in [1.29, 1.82) is 0 Å². The first-order chi connectivity index (χ1) is 10.3. The van der Waals surface area contributed by atoms with Crippen molar-refractivity contribution in [3.8, 4) is 11.3 Å². The minimum atomic E-state index is -0.000781. The quantitative estimate of drug-likeness (QED) is 0.726. The molecule has 3 aromatic rings. The van der Waals surface area contributed by atoms with Crippen molar-refractivity contribution in [3.63, 3.8) is 0 Å². The van der Waals surface area contributed by atoms with Gasteiger partial charge in [0.25, 0.3) is 0 Å². The van der Waals surface area contributed by atoms with Crippen LogP contribution >= 0.6 is 0 Å². The first-order valence-electron chi connectivity index (χ1n) is 7.57. The van der Waals surface area contributed by atoms with Crippen molar-refractivity contribution in [3.05, 3.63) is 54.5 Å².